The third kappa shape index (κ3) is 2.63. The van der Waals surface area contributed by atoms with Gasteiger partial charge < -0.3 is 4.74 Å². The maximum absolute atomic E-state index is 11.5. The second kappa shape index (κ2) is 5.63. The molecule has 1 saturated heterocycles. The first-order valence-electron chi connectivity index (χ1n) is 6.37. The van der Waals surface area contributed by atoms with Crippen molar-refractivity contribution in [1.29, 1.82) is 0 Å². The highest BCUT2D eigenvalue weighted by atomic mass is 35.5. The number of fused-ring (bicyclic) bond motifs is 1. The van der Waals surface area contributed by atoms with Crippen LogP contribution in [-0.2, 0) is 16.1 Å². The van der Waals surface area contributed by atoms with Crippen molar-refractivity contribution in [1.82, 2.24) is 14.9 Å². The molecule has 0 saturated carbocycles. The lowest BCUT2D eigenvalue weighted by molar-refractivity contribution is -0.144. The van der Waals surface area contributed by atoms with Gasteiger partial charge in [-0.05, 0) is 24.4 Å². The van der Waals surface area contributed by atoms with Crippen molar-refractivity contribution >= 4 is 39.1 Å². The molecule has 0 radical (unpaired) electrons. The SMILES string of the molecule is COC(=O)C1CCN(Cc2nc(Cl)c3ccsc3n2)C1. The van der Waals surface area contributed by atoms with Crippen LogP contribution in [0.4, 0.5) is 0 Å². The summed E-state index contributed by atoms with van der Waals surface area (Å²) < 4.78 is 4.78. The molecule has 1 aliphatic rings. The average molecular weight is 312 g/mol. The molecule has 3 rings (SSSR count). The Labute approximate surface area is 125 Å². The molecule has 7 heteroatoms. The van der Waals surface area contributed by atoms with Crippen molar-refractivity contribution in [2.24, 2.45) is 5.92 Å². The van der Waals surface area contributed by atoms with Crippen molar-refractivity contribution in [3.63, 3.8) is 0 Å². The fourth-order valence-corrected chi connectivity index (χ4v) is 3.56. The summed E-state index contributed by atoms with van der Waals surface area (Å²) in [6, 6.07) is 1.93. The zero-order valence-electron chi connectivity index (χ0n) is 11.0. The molecule has 2 aromatic heterocycles. The molecule has 1 aliphatic heterocycles. The Morgan fingerprint density at radius 3 is 3.25 bits per heavy atom. The van der Waals surface area contributed by atoms with E-state index in [1.165, 1.54) is 7.11 Å². The van der Waals surface area contributed by atoms with Gasteiger partial charge in [-0.1, -0.05) is 11.6 Å². The number of likely N-dealkylation sites (tertiary alicyclic amines) is 1. The Hall–Kier alpha value is -1.24. The highest BCUT2D eigenvalue weighted by molar-refractivity contribution is 7.16. The molecule has 0 spiro atoms. The van der Waals surface area contributed by atoms with Crippen LogP contribution >= 0.6 is 22.9 Å². The molecule has 0 bridgehead atoms. The quantitative estimate of drug-likeness (QED) is 0.643. The summed E-state index contributed by atoms with van der Waals surface area (Å²) >= 11 is 7.71. The van der Waals surface area contributed by atoms with E-state index in [-0.39, 0.29) is 11.9 Å². The van der Waals surface area contributed by atoms with Crippen molar-refractivity contribution in [3.8, 4) is 0 Å². The predicted molar refractivity (Wildman–Crippen MR) is 77.8 cm³/mol. The third-order valence-corrected chi connectivity index (χ3v) is 4.59. The van der Waals surface area contributed by atoms with E-state index in [1.54, 1.807) is 11.3 Å². The van der Waals surface area contributed by atoms with Gasteiger partial charge in [0.2, 0.25) is 0 Å². The van der Waals surface area contributed by atoms with Crippen LogP contribution in [0.1, 0.15) is 12.2 Å². The monoisotopic (exact) mass is 311 g/mol. The number of esters is 1. The number of aromatic nitrogens is 2. The van der Waals surface area contributed by atoms with E-state index < -0.39 is 0 Å². The van der Waals surface area contributed by atoms with Crippen LogP contribution in [0, 0.1) is 5.92 Å². The van der Waals surface area contributed by atoms with E-state index in [9.17, 15) is 4.79 Å². The number of thiophene rings is 1. The minimum absolute atomic E-state index is 0.0408. The maximum Gasteiger partial charge on any atom is 0.310 e. The minimum Gasteiger partial charge on any atom is -0.469 e. The van der Waals surface area contributed by atoms with Crippen LogP contribution in [0.2, 0.25) is 5.15 Å². The topological polar surface area (TPSA) is 55.3 Å². The van der Waals surface area contributed by atoms with Gasteiger partial charge in [0.15, 0.2) is 0 Å². The smallest absolute Gasteiger partial charge is 0.310 e. The summed E-state index contributed by atoms with van der Waals surface area (Å²) in [4.78, 5) is 23.4. The number of halogens is 1. The number of ether oxygens (including phenoxy) is 1. The second-order valence-corrected chi connectivity index (χ2v) is 6.07. The molecule has 0 aliphatic carbocycles. The Morgan fingerprint density at radius 1 is 1.60 bits per heavy atom. The fourth-order valence-electron chi connectivity index (χ4n) is 2.47. The fraction of sp³-hybridized carbons (Fsp3) is 0.462. The molecule has 0 N–H and O–H groups in total. The van der Waals surface area contributed by atoms with E-state index in [0.717, 1.165) is 23.2 Å². The zero-order valence-corrected chi connectivity index (χ0v) is 12.6. The largest absolute Gasteiger partial charge is 0.469 e. The van der Waals surface area contributed by atoms with Gasteiger partial charge in [-0.3, -0.25) is 9.69 Å². The zero-order chi connectivity index (χ0) is 14.1. The average Bonchev–Trinajstić information content (AvgIpc) is 3.07. The normalized spacial score (nSPS) is 19.6. The number of rotatable bonds is 3. The molecule has 0 aromatic carbocycles. The lowest BCUT2D eigenvalue weighted by Gasteiger charge is -2.14. The highest BCUT2D eigenvalue weighted by Crippen LogP contribution is 2.26. The molecule has 3 heterocycles. The van der Waals surface area contributed by atoms with E-state index in [1.807, 2.05) is 11.4 Å². The van der Waals surface area contributed by atoms with Crippen LogP contribution in [-0.4, -0.2) is 41.0 Å². The molecule has 5 nitrogen and oxygen atoms in total. The molecular formula is C13H14ClN3O2S. The van der Waals surface area contributed by atoms with Gasteiger partial charge >= 0.3 is 5.97 Å². The van der Waals surface area contributed by atoms with Crippen molar-refractivity contribution in [2.45, 2.75) is 13.0 Å². The number of hydrogen-bond acceptors (Lipinski definition) is 6. The van der Waals surface area contributed by atoms with E-state index >= 15 is 0 Å². The standard InChI is InChI=1S/C13H14ClN3O2S/c1-19-13(18)8-2-4-17(6-8)7-10-15-11(14)9-3-5-20-12(9)16-10/h3,5,8H,2,4,6-7H2,1H3. The number of carbonyl (C=O) groups is 1. The first kappa shape index (κ1) is 13.7. The summed E-state index contributed by atoms with van der Waals surface area (Å²) in [6.45, 7) is 2.15. The van der Waals surface area contributed by atoms with E-state index in [2.05, 4.69) is 14.9 Å². The van der Waals surface area contributed by atoms with Crippen LogP contribution in [0.15, 0.2) is 11.4 Å². The highest BCUT2D eigenvalue weighted by Gasteiger charge is 2.29. The third-order valence-electron chi connectivity index (χ3n) is 3.50. The summed E-state index contributed by atoms with van der Waals surface area (Å²) in [5.41, 5.74) is 0. The molecule has 1 atom stereocenters. The summed E-state index contributed by atoms with van der Waals surface area (Å²) in [5, 5.41) is 3.35. The van der Waals surface area contributed by atoms with Crippen LogP contribution in [0.25, 0.3) is 10.2 Å². The lowest BCUT2D eigenvalue weighted by Crippen LogP contribution is -2.24. The predicted octanol–water partition coefficient (Wildman–Crippen LogP) is 2.34. The van der Waals surface area contributed by atoms with Crippen molar-refractivity contribution in [2.75, 3.05) is 20.2 Å². The maximum atomic E-state index is 11.5. The van der Waals surface area contributed by atoms with Crippen molar-refractivity contribution < 1.29 is 9.53 Å². The van der Waals surface area contributed by atoms with Gasteiger partial charge in [-0.2, -0.15) is 0 Å². The van der Waals surface area contributed by atoms with Gasteiger partial charge in [-0.15, -0.1) is 11.3 Å². The summed E-state index contributed by atoms with van der Waals surface area (Å²) in [5.74, 6) is 0.525. The van der Waals surface area contributed by atoms with Crippen LogP contribution in [0.3, 0.4) is 0 Å². The molecule has 2 aromatic rings. The lowest BCUT2D eigenvalue weighted by atomic mass is 10.1. The second-order valence-electron chi connectivity index (χ2n) is 4.81. The van der Waals surface area contributed by atoms with Crippen molar-refractivity contribution in [3.05, 3.63) is 22.4 Å². The molecule has 106 valence electrons. The molecular weight excluding hydrogens is 298 g/mol. The molecule has 20 heavy (non-hydrogen) atoms. The van der Waals surface area contributed by atoms with E-state index in [0.29, 0.717) is 24.1 Å². The number of hydrogen-bond donors (Lipinski definition) is 0. The first-order valence-corrected chi connectivity index (χ1v) is 7.63. The van der Waals surface area contributed by atoms with Gasteiger partial charge in [0.1, 0.15) is 15.8 Å². The number of methoxy groups -OCH3 is 1. The summed E-state index contributed by atoms with van der Waals surface area (Å²) in [6.07, 6.45) is 0.821. The molecule has 0 amide bonds. The summed E-state index contributed by atoms with van der Waals surface area (Å²) in [7, 11) is 1.43. The van der Waals surface area contributed by atoms with Crippen LogP contribution < -0.4 is 0 Å². The number of nitrogens with zero attached hydrogens (tertiary/aromatic N) is 3. The van der Waals surface area contributed by atoms with Gasteiger partial charge in [0, 0.05) is 11.9 Å². The van der Waals surface area contributed by atoms with Gasteiger partial charge in [0.05, 0.1) is 19.6 Å². The Kier molecular flexibility index (Phi) is 3.87. The molecule has 1 unspecified atom stereocenters. The Bertz CT molecular complexity index is 646. The van der Waals surface area contributed by atoms with Gasteiger partial charge in [0.25, 0.3) is 0 Å². The number of carbonyl (C=O) groups excluding carboxylic acids is 1. The Balaban J connectivity index is 1.72. The first-order chi connectivity index (χ1) is 9.67. The minimum atomic E-state index is -0.139. The molecule has 1 fully saturated rings. The Morgan fingerprint density at radius 2 is 2.45 bits per heavy atom. The van der Waals surface area contributed by atoms with Crippen LogP contribution in [0.5, 0.6) is 0 Å². The van der Waals surface area contributed by atoms with Gasteiger partial charge in [-0.25, -0.2) is 9.97 Å². The van der Waals surface area contributed by atoms with E-state index in [4.69, 9.17) is 16.3 Å².